The highest BCUT2D eigenvalue weighted by Crippen LogP contribution is 2.42. The molecule has 0 radical (unpaired) electrons. The van der Waals surface area contributed by atoms with Crippen LogP contribution in [-0.4, -0.2) is 61.6 Å². The molecule has 0 spiro atoms. The molecule has 30 heavy (non-hydrogen) atoms. The first-order valence-electron chi connectivity index (χ1n) is 10.1. The van der Waals surface area contributed by atoms with Crippen molar-refractivity contribution in [1.82, 2.24) is 9.80 Å². The Bertz CT molecular complexity index is 775. The Morgan fingerprint density at radius 3 is 2.37 bits per heavy atom. The Balaban J connectivity index is 2.15. The fourth-order valence-electron chi connectivity index (χ4n) is 4.18. The van der Waals surface area contributed by atoms with Gasteiger partial charge in [-0.3, -0.25) is 19.4 Å². The van der Waals surface area contributed by atoms with Crippen LogP contribution in [0.25, 0.3) is 0 Å². The Kier molecular flexibility index (Phi) is 8.26. The lowest BCUT2D eigenvalue weighted by Gasteiger charge is -2.43. The van der Waals surface area contributed by atoms with Crippen LogP contribution in [0.2, 0.25) is 5.02 Å². The van der Waals surface area contributed by atoms with E-state index < -0.39 is 30.4 Å². The van der Waals surface area contributed by atoms with E-state index in [1.807, 2.05) is 13.8 Å². The third-order valence-electron chi connectivity index (χ3n) is 5.63. The zero-order valence-electron chi connectivity index (χ0n) is 18.3. The number of nitrogens with zero attached hydrogens (tertiary/aromatic N) is 2. The summed E-state index contributed by atoms with van der Waals surface area (Å²) < 4.78 is 10.4. The van der Waals surface area contributed by atoms with Gasteiger partial charge in [-0.2, -0.15) is 0 Å². The molecule has 1 unspecified atom stereocenters. The molecule has 0 heterocycles. The molecule has 2 rings (SSSR count). The predicted molar refractivity (Wildman–Crippen MR) is 114 cm³/mol. The number of ether oxygens (including phenoxy) is 2. The second-order valence-electron chi connectivity index (χ2n) is 8.17. The summed E-state index contributed by atoms with van der Waals surface area (Å²) in [5.74, 6) is -0.514. The highest BCUT2D eigenvalue weighted by atomic mass is 35.5. The van der Waals surface area contributed by atoms with Crippen LogP contribution in [0.5, 0.6) is 0 Å². The Hall–Kier alpha value is -2.12. The number of hydrogen-bond donors (Lipinski definition) is 0. The van der Waals surface area contributed by atoms with E-state index in [9.17, 15) is 14.4 Å². The topological polar surface area (TPSA) is 76.1 Å². The summed E-state index contributed by atoms with van der Waals surface area (Å²) in [6, 6.07) is 6.59. The number of esters is 1. The number of halogens is 1. The SMILES string of the molecule is CC(C)C(C(=O)OCOC(=O)N(C)[C@@]1(c2ccccc2Cl)CCCCC1=O)N(C)C. The normalized spacial score (nSPS) is 20.2. The molecule has 1 saturated carbocycles. The van der Waals surface area contributed by atoms with Crippen molar-refractivity contribution in [2.24, 2.45) is 5.92 Å². The van der Waals surface area contributed by atoms with Gasteiger partial charge in [-0.1, -0.05) is 43.6 Å². The van der Waals surface area contributed by atoms with Gasteiger partial charge in [0, 0.05) is 24.1 Å². The Morgan fingerprint density at radius 2 is 1.80 bits per heavy atom. The third kappa shape index (κ3) is 4.95. The highest BCUT2D eigenvalue weighted by Gasteiger charge is 2.48. The molecule has 0 N–H and O–H groups in total. The summed E-state index contributed by atoms with van der Waals surface area (Å²) in [7, 11) is 5.09. The van der Waals surface area contributed by atoms with Gasteiger partial charge >= 0.3 is 12.1 Å². The zero-order valence-corrected chi connectivity index (χ0v) is 19.1. The largest absolute Gasteiger partial charge is 0.427 e. The third-order valence-corrected chi connectivity index (χ3v) is 5.96. The molecule has 2 atom stereocenters. The van der Waals surface area contributed by atoms with Crippen molar-refractivity contribution >= 4 is 29.4 Å². The quantitative estimate of drug-likeness (QED) is 0.475. The van der Waals surface area contributed by atoms with E-state index in [0.29, 0.717) is 23.4 Å². The summed E-state index contributed by atoms with van der Waals surface area (Å²) in [5.41, 5.74) is -0.609. The van der Waals surface area contributed by atoms with E-state index in [2.05, 4.69) is 0 Å². The number of Topliss-reactive ketones (excluding diaryl/α,β-unsaturated/α-hetero) is 1. The second-order valence-corrected chi connectivity index (χ2v) is 8.58. The Morgan fingerprint density at radius 1 is 1.13 bits per heavy atom. The fraction of sp³-hybridized carbons (Fsp3) is 0.591. The van der Waals surface area contributed by atoms with Crippen LogP contribution < -0.4 is 0 Å². The van der Waals surface area contributed by atoms with Gasteiger partial charge < -0.3 is 9.47 Å². The number of carbonyl (C=O) groups excluding carboxylic acids is 3. The monoisotopic (exact) mass is 438 g/mol. The smallest absolute Gasteiger partial charge is 0.413 e. The van der Waals surface area contributed by atoms with E-state index in [0.717, 1.165) is 12.8 Å². The minimum absolute atomic E-state index is 0.0363. The molecule has 1 aromatic rings. The van der Waals surface area contributed by atoms with Crippen LogP contribution in [0.4, 0.5) is 4.79 Å². The van der Waals surface area contributed by atoms with Crippen LogP contribution in [0.1, 0.15) is 45.1 Å². The van der Waals surface area contributed by atoms with Gasteiger partial charge in [0.2, 0.25) is 6.79 Å². The Labute approximate surface area is 183 Å². The van der Waals surface area contributed by atoms with Gasteiger partial charge in [-0.25, -0.2) is 4.79 Å². The van der Waals surface area contributed by atoms with Crippen molar-refractivity contribution in [2.45, 2.75) is 51.1 Å². The lowest BCUT2D eigenvalue weighted by molar-refractivity contribution is -0.160. The van der Waals surface area contributed by atoms with Crippen molar-refractivity contribution in [2.75, 3.05) is 27.9 Å². The average molecular weight is 439 g/mol. The summed E-state index contributed by atoms with van der Waals surface area (Å²) in [4.78, 5) is 41.2. The van der Waals surface area contributed by atoms with Crippen LogP contribution in [-0.2, 0) is 24.6 Å². The number of carbonyl (C=O) groups is 3. The second kappa shape index (κ2) is 10.3. The van der Waals surface area contributed by atoms with Crippen LogP contribution in [0.3, 0.4) is 0 Å². The van der Waals surface area contributed by atoms with E-state index >= 15 is 0 Å². The number of ketones is 1. The molecule has 1 aliphatic rings. The summed E-state index contributed by atoms with van der Waals surface area (Å²) in [6.45, 7) is 3.30. The molecule has 1 amide bonds. The minimum Gasteiger partial charge on any atom is -0.427 e. The molecule has 1 aliphatic carbocycles. The average Bonchev–Trinajstić information content (AvgIpc) is 2.68. The number of hydrogen-bond acceptors (Lipinski definition) is 6. The zero-order chi connectivity index (χ0) is 22.5. The van der Waals surface area contributed by atoms with Gasteiger partial charge in [-0.15, -0.1) is 0 Å². The van der Waals surface area contributed by atoms with E-state index in [1.54, 1.807) is 43.3 Å². The summed E-state index contributed by atoms with van der Waals surface area (Å²) >= 11 is 6.40. The molecule has 8 heteroatoms. The maximum atomic E-state index is 13.0. The molecule has 0 saturated heterocycles. The van der Waals surface area contributed by atoms with Gasteiger partial charge in [0.25, 0.3) is 0 Å². The maximum Gasteiger partial charge on any atom is 0.413 e. The summed E-state index contributed by atoms with van der Waals surface area (Å²) in [6.07, 6.45) is 1.62. The number of benzene rings is 1. The van der Waals surface area contributed by atoms with Crippen LogP contribution >= 0.6 is 11.6 Å². The van der Waals surface area contributed by atoms with Gasteiger partial charge in [0.05, 0.1) is 0 Å². The molecule has 1 fully saturated rings. The van der Waals surface area contributed by atoms with Crippen molar-refractivity contribution in [3.63, 3.8) is 0 Å². The first kappa shape index (κ1) is 24.2. The standard InChI is InChI=1S/C22H31ClN2O5/c1-15(2)19(24(3)4)20(27)29-14-30-21(28)25(5)22(13-9-8-12-18(22)26)16-10-6-7-11-17(16)23/h6-7,10-11,15,19H,8-9,12-14H2,1-5H3/t19?,22-/m1/s1. The van der Waals surface area contributed by atoms with Crippen LogP contribution in [0, 0.1) is 5.92 Å². The molecular formula is C22H31ClN2O5. The molecule has 0 aromatic heterocycles. The van der Waals surface area contributed by atoms with E-state index in [-0.39, 0.29) is 11.7 Å². The van der Waals surface area contributed by atoms with Crippen molar-refractivity contribution in [1.29, 1.82) is 0 Å². The molecule has 0 bridgehead atoms. The van der Waals surface area contributed by atoms with E-state index in [4.69, 9.17) is 21.1 Å². The van der Waals surface area contributed by atoms with Gasteiger partial charge in [0.1, 0.15) is 11.6 Å². The molecule has 7 nitrogen and oxygen atoms in total. The molecule has 1 aromatic carbocycles. The van der Waals surface area contributed by atoms with Gasteiger partial charge in [0.15, 0.2) is 5.78 Å². The fourth-order valence-corrected chi connectivity index (χ4v) is 4.48. The number of rotatable bonds is 7. The predicted octanol–water partition coefficient (Wildman–Crippen LogP) is 3.83. The van der Waals surface area contributed by atoms with Gasteiger partial charge in [-0.05, 0) is 45.3 Å². The van der Waals surface area contributed by atoms with Crippen molar-refractivity contribution in [3.8, 4) is 0 Å². The maximum absolute atomic E-state index is 13.0. The summed E-state index contributed by atoms with van der Waals surface area (Å²) in [5, 5.41) is 0.421. The lowest BCUT2D eigenvalue weighted by Crippen LogP contribution is -2.54. The highest BCUT2D eigenvalue weighted by molar-refractivity contribution is 6.31. The molecule has 0 aliphatic heterocycles. The van der Waals surface area contributed by atoms with E-state index in [1.165, 1.54) is 11.9 Å². The van der Waals surface area contributed by atoms with Crippen molar-refractivity contribution < 1.29 is 23.9 Å². The number of amides is 1. The first-order chi connectivity index (χ1) is 14.1. The minimum atomic E-state index is -1.19. The molecular weight excluding hydrogens is 408 g/mol. The lowest BCUT2D eigenvalue weighted by atomic mass is 9.74. The molecule has 166 valence electrons. The van der Waals surface area contributed by atoms with Crippen LogP contribution in [0.15, 0.2) is 24.3 Å². The number of likely N-dealkylation sites (N-methyl/N-ethyl adjacent to an activating group) is 2. The first-order valence-corrected chi connectivity index (χ1v) is 10.5. The van der Waals surface area contributed by atoms with Crippen molar-refractivity contribution in [3.05, 3.63) is 34.9 Å².